The van der Waals surface area contributed by atoms with Gasteiger partial charge in [0, 0.05) is 19.9 Å². The number of unbranched alkanes of at least 4 members (excludes halogenated alkanes) is 1. The van der Waals surface area contributed by atoms with E-state index in [1.807, 2.05) is 30.3 Å². The fraction of sp³-hybridized carbons (Fsp3) is 0.545. The van der Waals surface area contributed by atoms with Crippen molar-refractivity contribution in [3.63, 3.8) is 0 Å². The second kappa shape index (κ2) is 26.5. The summed E-state index contributed by atoms with van der Waals surface area (Å²) in [5.41, 5.74) is 18.2. The zero-order valence-electron chi connectivity index (χ0n) is 36.0. The summed E-state index contributed by atoms with van der Waals surface area (Å²) in [6, 6.07) is 12.0. The van der Waals surface area contributed by atoms with Crippen molar-refractivity contribution in [2.75, 3.05) is 13.1 Å². The monoisotopic (exact) mass is 863 g/mol. The number of hydrogen-bond donors (Lipinski definition) is 10. The molecule has 0 radical (unpaired) electrons. The molecule has 1 aliphatic carbocycles. The second-order valence-corrected chi connectivity index (χ2v) is 16.0. The Morgan fingerprint density at radius 2 is 1.26 bits per heavy atom. The molecule has 1 saturated carbocycles. The first-order chi connectivity index (χ1) is 29.6. The number of nitrogens with one attached hydrogen (secondary N) is 7. The topological polar surface area (TPSA) is 293 Å². The molecule has 18 nitrogen and oxygen atoms in total. The first-order valence-corrected chi connectivity index (χ1v) is 21.4. The molecule has 0 spiro atoms. The van der Waals surface area contributed by atoms with Crippen molar-refractivity contribution in [1.82, 2.24) is 37.4 Å². The van der Waals surface area contributed by atoms with E-state index in [1.165, 1.54) is 6.92 Å². The minimum Gasteiger partial charge on any atom is -0.480 e. The number of aliphatic carboxylic acids is 1. The molecule has 7 atom stereocenters. The van der Waals surface area contributed by atoms with Crippen molar-refractivity contribution in [2.24, 2.45) is 29.2 Å². The third kappa shape index (κ3) is 17.2. The van der Waals surface area contributed by atoms with Crippen LogP contribution in [0.1, 0.15) is 89.7 Å². The maximum atomic E-state index is 14.3. The zero-order chi connectivity index (χ0) is 45.6. The van der Waals surface area contributed by atoms with Gasteiger partial charge in [0.15, 0.2) is 0 Å². The summed E-state index contributed by atoms with van der Waals surface area (Å²) in [6.45, 7) is 4.99. The number of nitrogens with two attached hydrogens (primary N) is 2. The molecule has 1 fully saturated rings. The second-order valence-electron chi connectivity index (χ2n) is 16.0. The molecule has 7 amide bonds. The van der Waals surface area contributed by atoms with E-state index in [0.29, 0.717) is 31.4 Å². The van der Waals surface area contributed by atoms with Gasteiger partial charge in [-0.25, -0.2) is 10.2 Å². The summed E-state index contributed by atoms with van der Waals surface area (Å²) >= 11 is 0. The smallest absolute Gasteiger partial charge is 0.326 e. The van der Waals surface area contributed by atoms with Crippen LogP contribution in [0.2, 0.25) is 0 Å². The van der Waals surface area contributed by atoms with E-state index in [4.69, 9.17) is 11.5 Å². The zero-order valence-corrected chi connectivity index (χ0v) is 36.0. The van der Waals surface area contributed by atoms with E-state index >= 15 is 0 Å². The van der Waals surface area contributed by atoms with E-state index in [1.54, 1.807) is 44.2 Å². The van der Waals surface area contributed by atoms with Gasteiger partial charge in [-0.15, -0.1) is 0 Å². The minimum atomic E-state index is -1.56. The van der Waals surface area contributed by atoms with Gasteiger partial charge in [0.05, 0.1) is 12.3 Å². The fourth-order valence-corrected chi connectivity index (χ4v) is 7.40. The van der Waals surface area contributed by atoms with Gasteiger partial charge >= 0.3 is 5.97 Å². The number of hydrogen-bond acceptors (Lipinski definition) is 10. The molecule has 2 aromatic carbocycles. The van der Waals surface area contributed by atoms with Crippen LogP contribution in [0.4, 0.5) is 0 Å². The van der Waals surface area contributed by atoms with Crippen LogP contribution >= 0.6 is 0 Å². The highest BCUT2D eigenvalue weighted by molar-refractivity contribution is 5.97. The molecule has 0 bridgehead atoms. The molecular weight excluding hydrogens is 799 g/mol. The number of hydrazine groups is 1. The number of carboxylic acid groups (broad SMARTS) is 1. The van der Waals surface area contributed by atoms with Gasteiger partial charge in [0.1, 0.15) is 30.2 Å². The number of carboxylic acids is 1. The van der Waals surface area contributed by atoms with Gasteiger partial charge in [-0.1, -0.05) is 93.8 Å². The van der Waals surface area contributed by atoms with Crippen LogP contribution in [0.3, 0.4) is 0 Å². The van der Waals surface area contributed by atoms with Gasteiger partial charge in [-0.2, -0.15) is 0 Å². The molecule has 18 heteroatoms. The summed E-state index contributed by atoms with van der Waals surface area (Å²) in [4.78, 5) is 105. The predicted molar refractivity (Wildman–Crippen MR) is 231 cm³/mol. The fourth-order valence-electron chi connectivity index (χ4n) is 7.40. The van der Waals surface area contributed by atoms with E-state index in [0.717, 1.165) is 31.2 Å². The summed E-state index contributed by atoms with van der Waals surface area (Å²) < 4.78 is 0. The van der Waals surface area contributed by atoms with Gasteiger partial charge in [-0.3, -0.25) is 39.0 Å². The highest BCUT2D eigenvalue weighted by Gasteiger charge is 2.35. The number of carbonyl (C=O) groups is 8. The van der Waals surface area contributed by atoms with Gasteiger partial charge in [0.25, 0.3) is 5.91 Å². The molecule has 1 aliphatic rings. The maximum Gasteiger partial charge on any atom is 0.326 e. The Hall–Kier alpha value is -5.88. The number of carbonyl (C=O) groups excluding carboxylic acids is 7. The van der Waals surface area contributed by atoms with Crippen molar-refractivity contribution < 1.29 is 43.5 Å². The van der Waals surface area contributed by atoms with Crippen LogP contribution < -0.4 is 48.9 Å². The highest BCUT2D eigenvalue weighted by atomic mass is 16.4. The molecule has 0 aromatic heterocycles. The van der Waals surface area contributed by atoms with Crippen LogP contribution in [0.15, 0.2) is 60.7 Å². The van der Waals surface area contributed by atoms with E-state index in [2.05, 4.69) is 37.4 Å². The molecule has 3 rings (SSSR count). The molecule has 340 valence electrons. The lowest BCUT2D eigenvalue weighted by atomic mass is 9.96. The van der Waals surface area contributed by atoms with Crippen molar-refractivity contribution in [3.8, 4) is 0 Å². The quantitative estimate of drug-likeness (QED) is 0.0435. The average molecular weight is 864 g/mol. The van der Waals surface area contributed by atoms with Crippen molar-refractivity contribution >= 4 is 47.3 Å². The SMILES string of the molecule is CC[C@H](C)[C@H](NC(=O)[C@H](CC(N)=O)NC(=O)[C@H](CCCCN)NC(=O)[C@H](Cc1ccccc1)NC(=O)C(CNNC(=O)C(NC(C)=O)C1CCCC1)Cc1ccccc1)C(=O)O. The Morgan fingerprint density at radius 1 is 0.710 bits per heavy atom. The molecule has 2 unspecified atom stereocenters. The third-order valence-electron chi connectivity index (χ3n) is 11.1. The standard InChI is InChI=1S/C44H65N9O9/c1-4-27(2)37(44(61)62)52-42(59)35(25-36(46)55)51-40(57)33(21-13-14-22-45)49-41(58)34(24-30-17-9-6-10-18-30)50-39(56)32(23-29-15-7-5-8-16-29)26-47-53-43(60)38(48-28(3)54)31-19-11-12-20-31/h5-10,15-18,27,31-35,37-38,47H,4,11-14,19-26,45H2,1-3H3,(H2,46,55)(H,48,54)(H,49,58)(H,50,56)(H,51,57)(H,52,59)(H,53,60)(H,61,62)/t27-,32?,33-,34-,35-,37-,38?/m0/s1. The van der Waals surface area contributed by atoms with E-state index < -0.39 is 89.9 Å². The Morgan fingerprint density at radius 3 is 1.81 bits per heavy atom. The number of amides is 7. The first kappa shape index (κ1) is 50.5. The highest BCUT2D eigenvalue weighted by Crippen LogP contribution is 2.28. The number of primary amides is 1. The number of benzene rings is 2. The summed E-state index contributed by atoms with van der Waals surface area (Å²) in [7, 11) is 0. The minimum absolute atomic E-state index is 0.0207. The Balaban J connectivity index is 1.87. The lowest BCUT2D eigenvalue weighted by molar-refractivity contribution is -0.144. The molecule has 12 N–H and O–H groups in total. The molecule has 0 aliphatic heterocycles. The maximum absolute atomic E-state index is 14.3. The average Bonchev–Trinajstić information content (AvgIpc) is 3.78. The summed E-state index contributed by atoms with van der Waals surface area (Å²) in [6.07, 6.45) is 4.46. The Bertz CT molecular complexity index is 1790. The molecular formula is C44H65N9O9. The van der Waals surface area contributed by atoms with Crippen molar-refractivity contribution in [3.05, 3.63) is 71.8 Å². The largest absolute Gasteiger partial charge is 0.480 e. The van der Waals surface area contributed by atoms with Crippen molar-refractivity contribution in [2.45, 2.75) is 122 Å². The van der Waals surface area contributed by atoms with Crippen LogP contribution in [-0.4, -0.2) is 95.7 Å². The lowest BCUT2D eigenvalue weighted by Gasteiger charge is -2.27. The first-order valence-electron chi connectivity index (χ1n) is 21.4. The molecule has 62 heavy (non-hydrogen) atoms. The molecule has 2 aromatic rings. The van der Waals surface area contributed by atoms with Gasteiger partial charge in [-0.05, 0) is 68.0 Å². The van der Waals surface area contributed by atoms with E-state index in [-0.39, 0.29) is 37.6 Å². The number of rotatable bonds is 27. The summed E-state index contributed by atoms with van der Waals surface area (Å²) in [5.74, 6) is -7.34. The van der Waals surface area contributed by atoms with Crippen LogP contribution in [-0.2, 0) is 51.2 Å². The van der Waals surface area contributed by atoms with Gasteiger partial charge < -0.3 is 43.2 Å². The van der Waals surface area contributed by atoms with Crippen LogP contribution in [0.5, 0.6) is 0 Å². The van der Waals surface area contributed by atoms with Crippen LogP contribution in [0.25, 0.3) is 0 Å². The lowest BCUT2D eigenvalue weighted by Crippen LogP contribution is -2.59. The van der Waals surface area contributed by atoms with Crippen molar-refractivity contribution in [1.29, 1.82) is 0 Å². The third-order valence-corrected chi connectivity index (χ3v) is 11.1. The molecule has 0 heterocycles. The molecule has 0 saturated heterocycles. The Kier molecular flexibility index (Phi) is 21.5. The Labute approximate surface area is 363 Å². The van der Waals surface area contributed by atoms with Gasteiger partial charge in [0.2, 0.25) is 35.4 Å². The van der Waals surface area contributed by atoms with Crippen LogP contribution in [0, 0.1) is 17.8 Å². The predicted octanol–water partition coefficient (Wildman–Crippen LogP) is 0.478. The summed E-state index contributed by atoms with van der Waals surface area (Å²) in [5, 5.41) is 23.0. The normalized spacial score (nSPS) is 15.9. The van der Waals surface area contributed by atoms with E-state index in [9.17, 15) is 43.5 Å².